The van der Waals surface area contributed by atoms with Gasteiger partial charge in [0.1, 0.15) is 18.9 Å². The lowest BCUT2D eigenvalue weighted by Crippen LogP contribution is -2.23. The lowest BCUT2D eigenvalue weighted by molar-refractivity contribution is -0.671. The predicted octanol–water partition coefficient (Wildman–Crippen LogP) is 6.46. The normalized spacial score (nSPS) is 13.2. The number of hydrogen-bond acceptors (Lipinski definition) is 0. The van der Waals surface area contributed by atoms with E-state index >= 15 is 0 Å². The molecule has 2 heteroatoms. The Balaban J connectivity index is 2.25. The molecule has 0 aromatic carbocycles. The SMILES string of the molecule is CC(C)=CCC/C(C)=C/CC/C(C)=C/CC/C(C)=C/Cn1cc[n+](C)c1. The third-order valence-electron chi connectivity index (χ3n) is 4.63. The van der Waals surface area contributed by atoms with Gasteiger partial charge in [0, 0.05) is 0 Å². The number of aromatic nitrogens is 2. The summed E-state index contributed by atoms with van der Waals surface area (Å²) in [5.41, 5.74) is 5.93. The number of aryl methyl sites for hydroxylation is 1. The smallest absolute Gasteiger partial charge is 0.240 e. The standard InChI is InChI=1S/C24H39N2/c1-21(2)10-7-11-22(3)12-8-13-23(4)14-9-15-24(5)16-17-26-19-18-25(6)20-26/h10,12,14,16,18-20H,7-9,11,13,15,17H2,1-6H3/q+1/b22-12+,23-14+,24-16+. The maximum absolute atomic E-state index is 2.42. The van der Waals surface area contributed by atoms with Crippen molar-refractivity contribution in [2.45, 2.75) is 79.7 Å². The number of rotatable bonds is 11. The average molecular weight is 356 g/mol. The fourth-order valence-corrected chi connectivity index (χ4v) is 2.86. The van der Waals surface area contributed by atoms with E-state index in [1.807, 2.05) is 0 Å². The second kappa shape index (κ2) is 12.5. The molecule has 0 fully saturated rings. The molecule has 26 heavy (non-hydrogen) atoms. The highest BCUT2D eigenvalue weighted by Crippen LogP contribution is 2.13. The Bertz CT molecular complexity index is 650. The lowest BCUT2D eigenvalue weighted by Gasteiger charge is -2.02. The van der Waals surface area contributed by atoms with Gasteiger partial charge >= 0.3 is 0 Å². The minimum absolute atomic E-state index is 0.964. The van der Waals surface area contributed by atoms with Crippen LogP contribution in [0.15, 0.2) is 65.3 Å². The van der Waals surface area contributed by atoms with Crippen LogP contribution in [0.25, 0.3) is 0 Å². The number of allylic oxidation sites excluding steroid dienone is 8. The van der Waals surface area contributed by atoms with E-state index in [0.717, 1.165) is 19.4 Å². The van der Waals surface area contributed by atoms with Crippen LogP contribution in [0.2, 0.25) is 0 Å². The summed E-state index contributed by atoms with van der Waals surface area (Å²) in [6.07, 6.45) is 22.8. The van der Waals surface area contributed by atoms with Gasteiger partial charge in [-0.3, -0.25) is 0 Å². The molecule has 1 heterocycles. The topological polar surface area (TPSA) is 8.81 Å². The summed E-state index contributed by atoms with van der Waals surface area (Å²) < 4.78 is 4.28. The van der Waals surface area contributed by atoms with Crippen LogP contribution in [0.4, 0.5) is 0 Å². The Hall–Kier alpha value is -1.83. The Labute approximate surface area is 161 Å². The Morgan fingerprint density at radius 3 is 1.73 bits per heavy atom. The molecule has 0 saturated heterocycles. The molecule has 0 aliphatic rings. The van der Waals surface area contributed by atoms with Gasteiger partial charge in [-0.15, -0.1) is 0 Å². The van der Waals surface area contributed by atoms with Gasteiger partial charge in [0.25, 0.3) is 0 Å². The molecule has 0 saturated carbocycles. The van der Waals surface area contributed by atoms with Crippen LogP contribution >= 0.6 is 0 Å². The quantitative estimate of drug-likeness (QED) is 0.318. The van der Waals surface area contributed by atoms with Crippen LogP contribution < -0.4 is 4.57 Å². The molecule has 0 atom stereocenters. The first-order valence-corrected chi connectivity index (χ1v) is 9.98. The molecule has 0 spiro atoms. The minimum atomic E-state index is 0.964. The van der Waals surface area contributed by atoms with Gasteiger partial charge in [-0.05, 0) is 79.2 Å². The van der Waals surface area contributed by atoms with E-state index in [0.29, 0.717) is 0 Å². The number of imidazole rings is 1. The van der Waals surface area contributed by atoms with Crippen LogP contribution in [0.5, 0.6) is 0 Å². The van der Waals surface area contributed by atoms with Crippen LogP contribution in [0, 0.1) is 0 Å². The highest BCUT2D eigenvalue weighted by atomic mass is 15.1. The van der Waals surface area contributed by atoms with Gasteiger partial charge < -0.3 is 0 Å². The first-order valence-electron chi connectivity index (χ1n) is 9.98. The van der Waals surface area contributed by atoms with Gasteiger partial charge in [0.05, 0.1) is 7.05 Å². The van der Waals surface area contributed by atoms with Crippen molar-refractivity contribution in [3.63, 3.8) is 0 Å². The molecular weight excluding hydrogens is 316 g/mol. The van der Waals surface area contributed by atoms with E-state index in [1.54, 1.807) is 0 Å². The fraction of sp³-hybridized carbons (Fsp3) is 0.542. The third-order valence-corrected chi connectivity index (χ3v) is 4.63. The van der Waals surface area contributed by atoms with E-state index in [-0.39, 0.29) is 0 Å². The first kappa shape index (κ1) is 22.2. The molecule has 1 aromatic heterocycles. The maximum atomic E-state index is 2.42. The second-order valence-corrected chi connectivity index (χ2v) is 7.82. The summed E-state index contributed by atoms with van der Waals surface area (Å²) in [5.74, 6) is 0. The van der Waals surface area contributed by atoms with Crippen molar-refractivity contribution in [1.29, 1.82) is 0 Å². The Morgan fingerprint density at radius 1 is 0.769 bits per heavy atom. The molecule has 2 nitrogen and oxygen atoms in total. The highest BCUT2D eigenvalue weighted by molar-refractivity contribution is 5.07. The molecule has 1 rings (SSSR count). The Morgan fingerprint density at radius 2 is 1.27 bits per heavy atom. The van der Waals surface area contributed by atoms with Crippen LogP contribution in [0.1, 0.15) is 73.1 Å². The molecule has 0 aliphatic heterocycles. The minimum Gasteiger partial charge on any atom is -0.240 e. The second-order valence-electron chi connectivity index (χ2n) is 7.82. The zero-order chi connectivity index (χ0) is 19.4. The molecule has 0 unspecified atom stereocenters. The molecule has 0 radical (unpaired) electrons. The largest absolute Gasteiger partial charge is 0.243 e. The van der Waals surface area contributed by atoms with Crippen molar-refractivity contribution >= 4 is 0 Å². The predicted molar refractivity (Wildman–Crippen MR) is 114 cm³/mol. The molecule has 0 bridgehead atoms. The van der Waals surface area contributed by atoms with Gasteiger partial charge in [0.15, 0.2) is 0 Å². The van der Waals surface area contributed by atoms with Crippen LogP contribution in [0.3, 0.4) is 0 Å². The highest BCUT2D eigenvalue weighted by Gasteiger charge is 1.98. The zero-order valence-electron chi connectivity index (χ0n) is 17.9. The zero-order valence-corrected chi connectivity index (χ0v) is 17.9. The van der Waals surface area contributed by atoms with E-state index in [2.05, 4.69) is 93.8 Å². The Kier molecular flexibility index (Phi) is 10.7. The number of hydrogen-bond donors (Lipinski definition) is 0. The molecular formula is C24H39N2+. The number of nitrogens with zero attached hydrogens (tertiary/aromatic N) is 2. The van der Waals surface area contributed by atoms with Crippen molar-refractivity contribution < 1.29 is 4.57 Å². The summed E-state index contributed by atoms with van der Waals surface area (Å²) in [6, 6.07) is 0. The van der Waals surface area contributed by atoms with Gasteiger partial charge in [-0.25, -0.2) is 9.13 Å². The van der Waals surface area contributed by atoms with Crippen molar-refractivity contribution in [2.75, 3.05) is 0 Å². The molecule has 0 amide bonds. The third kappa shape index (κ3) is 10.9. The van der Waals surface area contributed by atoms with E-state index in [4.69, 9.17) is 0 Å². The summed E-state index contributed by atoms with van der Waals surface area (Å²) in [4.78, 5) is 0. The van der Waals surface area contributed by atoms with Gasteiger partial charge in [0.2, 0.25) is 6.33 Å². The van der Waals surface area contributed by atoms with Crippen LogP contribution in [-0.2, 0) is 13.6 Å². The molecule has 0 N–H and O–H groups in total. The van der Waals surface area contributed by atoms with E-state index < -0.39 is 0 Å². The lowest BCUT2D eigenvalue weighted by atomic mass is 10.0. The van der Waals surface area contributed by atoms with Crippen molar-refractivity contribution in [1.82, 2.24) is 4.57 Å². The monoisotopic (exact) mass is 355 g/mol. The van der Waals surface area contributed by atoms with Crippen LogP contribution in [-0.4, -0.2) is 4.57 Å². The first-order chi connectivity index (χ1) is 12.4. The summed E-state index contributed by atoms with van der Waals surface area (Å²) in [5, 5.41) is 0. The van der Waals surface area contributed by atoms with E-state index in [1.165, 1.54) is 48.0 Å². The molecule has 1 aromatic rings. The van der Waals surface area contributed by atoms with E-state index in [9.17, 15) is 0 Å². The van der Waals surface area contributed by atoms with Crippen molar-refractivity contribution in [2.24, 2.45) is 7.05 Å². The summed E-state index contributed by atoms with van der Waals surface area (Å²) in [6.45, 7) is 12.1. The average Bonchev–Trinajstić information content (AvgIpc) is 2.98. The fourth-order valence-electron chi connectivity index (χ4n) is 2.86. The van der Waals surface area contributed by atoms with Gasteiger partial charge in [-0.2, -0.15) is 0 Å². The molecule has 0 aliphatic carbocycles. The summed E-state index contributed by atoms with van der Waals surface area (Å²) in [7, 11) is 2.06. The van der Waals surface area contributed by atoms with Gasteiger partial charge in [-0.1, -0.05) is 40.5 Å². The summed E-state index contributed by atoms with van der Waals surface area (Å²) >= 11 is 0. The van der Waals surface area contributed by atoms with Crippen molar-refractivity contribution in [3.05, 3.63) is 65.3 Å². The van der Waals surface area contributed by atoms with Crippen molar-refractivity contribution in [3.8, 4) is 0 Å². The maximum Gasteiger partial charge on any atom is 0.243 e. The molecule has 144 valence electrons.